The number of nitrogens with one attached hydrogen (secondary N) is 1. The molecule has 7 nitrogen and oxygen atoms in total. The van der Waals surface area contributed by atoms with E-state index in [-0.39, 0.29) is 24.0 Å². The van der Waals surface area contributed by atoms with E-state index >= 15 is 0 Å². The van der Waals surface area contributed by atoms with Gasteiger partial charge in [-0.25, -0.2) is 4.79 Å². The Morgan fingerprint density at radius 1 is 1.27 bits per heavy atom. The number of hydrogen-bond donors (Lipinski definition) is 1. The highest BCUT2D eigenvalue weighted by atomic mass is 16.6. The number of carbonyl (C=O) groups excluding carboxylic acids is 1. The van der Waals surface area contributed by atoms with Crippen LogP contribution in [0.5, 0.6) is 0 Å². The van der Waals surface area contributed by atoms with Gasteiger partial charge in [-0.05, 0) is 30.5 Å². The molecule has 1 fully saturated rings. The van der Waals surface area contributed by atoms with Gasteiger partial charge < -0.3 is 14.8 Å². The zero-order chi connectivity index (χ0) is 18.4. The Morgan fingerprint density at radius 2 is 2.08 bits per heavy atom. The van der Waals surface area contributed by atoms with Crippen LogP contribution in [0.15, 0.2) is 48.5 Å². The summed E-state index contributed by atoms with van der Waals surface area (Å²) >= 11 is 0. The average Bonchev–Trinajstić information content (AvgIpc) is 3.18. The first-order valence-corrected chi connectivity index (χ1v) is 8.48. The van der Waals surface area contributed by atoms with Crippen molar-refractivity contribution in [3.8, 4) is 0 Å². The quantitative estimate of drug-likeness (QED) is 0.463. The smallest absolute Gasteiger partial charge is 0.338 e. The van der Waals surface area contributed by atoms with E-state index in [1.54, 1.807) is 0 Å². The van der Waals surface area contributed by atoms with Crippen LogP contribution in [0.2, 0.25) is 0 Å². The number of benzene rings is 2. The van der Waals surface area contributed by atoms with Crippen molar-refractivity contribution in [1.29, 1.82) is 0 Å². The Morgan fingerprint density at radius 3 is 2.77 bits per heavy atom. The second-order valence-electron chi connectivity index (χ2n) is 6.06. The molecule has 0 aromatic heterocycles. The predicted octanol–water partition coefficient (Wildman–Crippen LogP) is 3.54. The molecule has 0 aliphatic carbocycles. The van der Waals surface area contributed by atoms with Crippen LogP contribution in [0, 0.1) is 10.1 Å². The first-order valence-electron chi connectivity index (χ1n) is 8.48. The molecule has 0 spiro atoms. The van der Waals surface area contributed by atoms with Gasteiger partial charge in [0, 0.05) is 19.2 Å². The van der Waals surface area contributed by atoms with Crippen molar-refractivity contribution in [2.45, 2.75) is 25.5 Å². The first-order chi connectivity index (χ1) is 12.6. The zero-order valence-electron chi connectivity index (χ0n) is 14.2. The monoisotopic (exact) mass is 356 g/mol. The van der Waals surface area contributed by atoms with E-state index in [0.717, 1.165) is 18.4 Å². The molecule has 7 heteroatoms. The Bertz CT molecular complexity index is 773. The summed E-state index contributed by atoms with van der Waals surface area (Å²) < 4.78 is 10.6. The minimum atomic E-state index is -0.585. The number of anilines is 1. The van der Waals surface area contributed by atoms with Gasteiger partial charge in [0.25, 0.3) is 5.69 Å². The molecular weight excluding hydrogens is 336 g/mol. The number of nitro groups is 1. The van der Waals surface area contributed by atoms with Gasteiger partial charge in [-0.1, -0.05) is 30.3 Å². The number of carbonyl (C=O) groups is 1. The molecule has 1 aliphatic rings. The fraction of sp³-hybridized carbons (Fsp3) is 0.316. The molecule has 1 N–H and O–H groups in total. The van der Waals surface area contributed by atoms with Crippen LogP contribution in [0.4, 0.5) is 11.4 Å². The Balaban J connectivity index is 1.67. The van der Waals surface area contributed by atoms with Crippen LogP contribution < -0.4 is 5.32 Å². The second-order valence-corrected chi connectivity index (χ2v) is 6.06. The number of nitrogens with zero attached hydrogens (tertiary/aromatic N) is 1. The van der Waals surface area contributed by atoms with Crippen LogP contribution in [0.3, 0.4) is 0 Å². The maximum absolute atomic E-state index is 12.1. The first kappa shape index (κ1) is 17.9. The lowest BCUT2D eigenvalue weighted by Gasteiger charge is -2.11. The molecule has 1 atom stereocenters. The highest BCUT2D eigenvalue weighted by Gasteiger charge is 2.21. The van der Waals surface area contributed by atoms with Crippen molar-refractivity contribution in [2.24, 2.45) is 0 Å². The topological polar surface area (TPSA) is 90.7 Å². The lowest BCUT2D eigenvalue weighted by atomic mass is 10.1. The molecule has 0 bridgehead atoms. The number of hydrogen-bond acceptors (Lipinski definition) is 6. The van der Waals surface area contributed by atoms with Gasteiger partial charge in [0.15, 0.2) is 0 Å². The molecule has 1 heterocycles. The van der Waals surface area contributed by atoms with Crippen LogP contribution in [-0.4, -0.2) is 30.2 Å². The van der Waals surface area contributed by atoms with Crippen LogP contribution in [0.25, 0.3) is 0 Å². The third-order valence-electron chi connectivity index (χ3n) is 4.18. The number of ether oxygens (including phenoxy) is 2. The summed E-state index contributed by atoms with van der Waals surface area (Å²) in [4.78, 5) is 23.0. The Kier molecular flexibility index (Phi) is 5.80. The molecule has 26 heavy (non-hydrogen) atoms. The molecule has 0 amide bonds. The molecule has 3 rings (SSSR count). The lowest BCUT2D eigenvalue weighted by molar-refractivity contribution is -0.384. The maximum Gasteiger partial charge on any atom is 0.338 e. The number of rotatable bonds is 7. The molecule has 1 saturated heterocycles. The molecule has 1 unspecified atom stereocenters. The van der Waals surface area contributed by atoms with Crippen molar-refractivity contribution in [3.05, 3.63) is 69.8 Å². The van der Waals surface area contributed by atoms with Crippen molar-refractivity contribution >= 4 is 17.3 Å². The fourth-order valence-corrected chi connectivity index (χ4v) is 2.78. The number of nitro benzene ring substituents is 1. The standard InChI is InChI=1S/C19H20N2O5/c22-19(26-13-16-7-4-10-25-16)15-8-9-17(18(11-15)21(23)24)20-12-14-5-2-1-3-6-14/h1-3,5-6,8-9,11,16,20H,4,7,10,12-13H2. The molecule has 1 aliphatic heterocycles. The van der Waals surface area contributed by atoms with Gasteiger partial charge in [0.05, 0.1) is 16.6 Å². The van der Waals surface area contributed by atoms with Gasteiger partial charge in [-0.2, -0.15) is 0 Å². The third-order valence-corrected chi connectivity index (χ3v) is 4.18. The summed E-state index contributed by atoms with van der Waals surface area (Å²) in [5, 5.41) is 14.4. The summed E-state index contributed by atoms with van der Waals surface area (Å²) in [7, 11) is 0. The van der Waals surface area contributed by atoms with Gasteiger partial charge in [0.1, 0.15) is 12.3 Å². The average molecular weight is 356 g/mol. The minimum Gasteiger partial charge on any atom is -0.459 e. The molecular formula is C19H20N2O5. The summed E-state index contributed by atoms with van der Waals surface area (Å²) in [6.07, 6.45) is 1.73. The van der Waals surface area contributed by atoms with Crippen molar-refractivity contribution < 1.29 is 19.2 Å². The summed E-state index contributed by atoms with van der Waals surface area (Å²) in [5.74, 6) is -0.585. The van der Waals surface area contributed by atoms with Crippen LogP contribution in [0.1, 0.15) is 28.8 Å². The minimum absolute atomic E-state index is 0.0826. The molecule has 136 valence electrons. The van der Waals surface area contributed by atoms with Crippen LogP contribution in [-0.2, 0) is 16.0 Å². The van der Waals surface area contributed by atoms with Crippen molar-refractivity contribution in [3.63, 3.8) is 0 Å². The van der Waals surface area contributed by atoms with E-state index < -0.39 is 10.9 Å². The van der Waals surface area contributed by atoms with E-state index in [1.165, 1.54) is 18.2 Å². The third kappa shape index (κ3) is 4.58. The van der Waals surface area contributed by atoms with Gasteiger partial charge in [0.2, 0.25) is 0 Å². The highest BCUT2D eigenvalue weighted by molar-refractivity contribution is 5.91. The zero-order valence-corrected chi connectivity index (χ0v) is 14.2. The summed E-state index contributed by atoms with van der Waals surface area (Å²) in [6, 6.07) is 13.9. The fourth-order valence-electron chi connectivity index (χ4n) is 2.78. The molecule has 2 aromatic carbocycles. The predicted molar refractivity (Wildman–Crippen MR) is 96.1 cm³/mol. The number of esters is 1. The van der Waals surface area contributed by atoms with E-state index in [2.05, 4.69) is 5.32 Å². The Hall–Kier alpha value is -2.93. The van der Waals surface area contributed by atoms with Gasteiger partial charge >= 0.3 is 5.97 Å². The highest BCUT2D eigenvalue weighted by Crippen LogP contribution is 2.26. The van der Waals surface area contributed by atoms with Gasteiger partial charge in [-0.15, -0.1) is 0 Å². The summed E-state index contributed by atoms with van der Waals surface area (Å²) in [5.41, 5.74) is 1.35. The largest absolute Gasteiger partial charge is 0.459 e. The molecule has 0 radical (unpaired) electrons. The normalized spacial score (nSPS) is 16.2. The van der Waals surface area contributed by atoms with E-state index in [9.17, 15) is 14.9 Å². The Labute approximate surface area is 151 Å². The van der Waals surface area contributed by atoms with Gasteiger partial charge in [-0.3, -0.25) is 10.1 Å². The molecule has 0 saturated carbocycles. The molecule has 2 aromatic rings. The maximum atomic E-state index is 12.1. The van der Waals surface area contributed by atoms with E-state index in [1.807, 2.05) is 30.3 Å². The van der Waals surface area contributed by atoms with Crippen molar-refractivity contribution in [2.75, 3.05) is 18.5 Å². The van der Waals surface area contributed by atoms with E-state index in [0.29, 0.717) is 18.8 Å². The second kappa shape index (κ2) is 8.44. The van der Waals surface area contributed by atoms with E-state index in [4.69, 9.17) is 9.47 Å². The van der Waals surface area contributed by atoms with Crippen LogP contribution >= 0.6 is 0 Å². The lowest BCUT2D eigenvalue weighted by Crippen LogP contribution is -2.18. The van der Waals surface area contributed by atoms with Crippen molar-refractivity contribution in [1.82, 2.24) is 0 Å². The summed E-state index contributed by atoms with van der Waals surface area (Å²) in [6.45, 7) is 1.29. The SMILES string of the molecule is O=C(OCC1CCCO1)c1ccc(NCc2ccccc2)c([N+](=O)[O-])c1.